The van der Waals surface area contributed by atoms with Gasteiger partial charge in [-0.2, -0.15) is 4.31 Å². The molecule has 2 aromatic carbocycles. The van der Waals surface area contributed by atoms with Gasteiger partial charge in [-0.3, -0.25) is 4.90 Å². The smallest absolute Gasteiger partial charge is 0.243 e. The van der Waals surface area contributed by atoms with E-state index in [0.29, 0.717) is 55.7 Å². The van der Waals surface area contributed by atoms with E-state index in [1.165, 1.54) is 16.4 Å². The van der Waals surface area contributed by atoms with Gasteiger partial charge < -0.3 is 19.9 Å². The van der Waals surface area contributed by atoms with E-state index in [4.69, 9.17) is 17.0 Å². The van der Waals surface area contributed by atoms with Gasteiger partial charge >= 0.3 is 0 Å². The maximum absolute atomic E-state index is 13.7. The van der Waals surface area contributed by atoms with Crippen molar-refractivity contribution in [1.82, 2.24) is 19.2 Å². The lowest BCUT2D eigenvalue weighted by Crippen LogP contribution is -2.51. The zero-order valence-corrected chi connectivity index (χ0v) is 22.1. The fourth-order valence-corrected chi connectivity index (χ4v) is 6.66. The van der Waals surface area contributed by atoms with E-state index in [0.717, 1.165) is 35.4 Å². The van der Waals surface area contributed by atoms with Crippen LogP contribution in [0.2, 0.25) is 0 Å². The molecule has 4 heterocycles. The van der Waals surface area contributed by atoms with E-state index in [9.17, 15) is 12.8 Å². The van der Waals surface area contributed by atoms with E-state index in [1.807, 2.05) is 0 Å². The van der Waals surface area contributed by atoms with Gasteiger partial charge in [0.2, 0.25) is 27.8 Å². The van der Waals surface area contributed by atoms with Crippen molar-refractivity contribution in [1.29, 1.82) is 0 Å². The number of hydrogen-bond acceptors (Lipinski definition) is 6. The number of halogens is 1. The Morgan fingerprint density at radius 3 is 2.53 bits per heavy atom. The first-order valence-corrected chi connectivity index (χ1v) is 14.2. The van der Waals surface area contributed by atoms with Gasteiger partial charge in [0.15, 0.2) is 5.11 Å². The predicted octanol–water partition coefficient (Wildman–Crippen LogP) is 2.21. The van der Waals surface area contributed by atoms with Crippen molar-refractivity contribution in [3.8, 4) is 0 Å². The van der Waals surface area contributed by atoms with Gasteiger partial charge in [-0.15, -0.1) is 0 Å². The molecule has 3 N–H and O–H groups in total. The molecule has 0 unspecified atom stereocenters. The summed E-state index contributed by atoms with van der Waals surface area (Å²) in [5, 5.41) is 5.66. The second-order valence-electron chi connectivity index (χ2n) is 9.23. The van der Waals surface area contributed by atoms with Crippen LogP contribution in [0.25, 0.3) is 21.9 Å². The molecule has 0 spiro atoms. The first-order chi connectivity index (χ1) is 18.4. The first kappa shape index (κ1) is 24.9. The lowest BCUT2D eigenvalue weighted by Gasteiger charge is -2.34. The summed E-state index contributed by atoms with van der Waals surface area (Å²) in [6.45, 7) is 4.39. The molecule has 0 aliphatic carbocycles. The topological polar surface area (TPSA) is 108 Å². The molecule has 2 aromatic heterocycles. The molecule has 38 heavy (non-hydrogen) atoms. The van der Waals surface area contributed by atoms with Gasteiger partial charge in [0, 0.05) is 24.2 Å². The number of anilines is 2. The lowest BCUT2D eigenvalue weighted by atomic mass is 10.2. The summed E-state index contributed by atoms with van der Waals surface area (Å²) in [4.78, 5) is 15.5. The average molecular weight is 557 g/mol. The molecule has 2 aliphatic heterocycles. The number of ether oxygens (including phenoxy) is 1. The highest BCUT2D eigenvalue weighted by Crippen LogP contribution is 2.30. The molecule has 198 valence electrons. The van der Waals surface area contributed by atoms with Crippen LogP contribution in [0.5, 0.6) is 0 Å². The Kier molecular flexibility index (Phi) is 6.60. The third-order valence-corrected chi connectivity index (χ3v) is 9.24. The van der Waals surface area contributed by atoms with Gasteiger partial charge in [-0.25, -0.2) is 17.8 Å². The number of aromatic amines is 2. The summed E-state index contributed by atoms with van der Waals surface area (Å²) in [7, 11) is -3.54. The first-order valence-electron chi connectivity index (χ1n) is 12.4. The van der Waals surface area contributed by atoms with Gasteiger partial charge in [0.25, 0.3) is 0 Å². The molecule has 4 aromatic rings. The normalized spacial score (nSPS) is 17.3. The summed E-state index contributed by atoms with van der Waals surface area (Å²) >= 11 is 5.66. The predicted molar refractivity (Wildman–Crippen MR) is 146 cm³/mol. The van der Waals surface area contributed by atoms with Crippen LogP contribution in [0.15, 0.2) is 53.7 Å². The molecule has 2 aliphatic rings. The number of rotatable bonds is 4. The van der Waals surface area contributed by atoms with Crippen molar-refractivity contribution in [2.45, 2.75) is 4.90 Å². The summed E-state index contributed by atoms with van der Waals surface area (Å²) in [6.07, 6.45) is 1.64. The molecule has 0 bridgehead atoms. The van der Waals surface area contributed by atoms with Gasteiger partial charge in [0.1, 0.15) is 11.2 Å². The number of hydrogen-bond donors (Lipinski definition) is 2. The highest BCUT2D eigenvalue weighted by Gasteiger charge is 2.28. The van der Waals surface area contributed by atoms with Crippen molar-refractivity contribution < 1.29 is 22.5 Å². The summed E-state index contributed by atoms with van der Waals surface area (Å²) in [6, 6.07) is 11.4. The molecule has 2 fully saturated rings. The monoisotopic (exact) mass is 556 g/mol. The Bertz CT molecular complexity index is 1600. The summed E-state index contributed by atoms with van der Waals surface area (Å²) in [5.74, 6) is 0.640. The Morgan fingerprint density at radius 1 is 1.05 bits per heavy atom. The summed E-state index contributed by atoms with van der Waals surface area (Å²) < 4.78 is 46.1. The highest BCUT2D eigenvalue weighted by molar-refractivity contribution is 7.89. The van der Waals surface area contributed by atoms with E-state index < -0.39 is 10.0 Å². The third-order valence-electron chi connectivity index (χ3n) is 6.97. The quantitative estimate of drug-likeness (QED) is 0.369. The average Bonchev–Trinajstić information content (AvgIpc) is 3.31. The largest absolute Gasteiger partial charge is 0.379 e. The van der Waals surface area contributed by atoms with Crippen molar-refractivity contribution in [2.24, 2.45) is 0 Å². The maximum Gasteiger partial charge on any atom is 0.243 e. The van der Waals surface area contributed by atoms with E-state index in [2.05, 4.69) is 30.1 Å². The van der Waals surface area contributed by atoms with Gasteiger partial charge in [0.05, 0.1) is 49.8 Å². The standard InChI is InChI=1S/C25H26FN7O3S2/c26-17-1-6-20-21(15-17)30-23-22(20)24(28-16-27-23)31-7-9-32(10-8-31)25(37)29-18-2-4-19(5-3-18)38(34,35)33-11-13-36-14-12-33/h1-6,15-16H,7-14H2,(H,29,37)(H,27,28,30)/p+1. The molecule has 0 radical (unpaired) electrons. The number of sulfonamides is 1. The van der Waals surface area contributed by atoms with E-state index >= 15 is 0 Å². The molecule has 13 heteroatoms. The summed E-state index contributed by atoms with van der Waals surface area (Å²) in [5.41, 5.74) is 2.15. The molecular formula is C25H27FN7O3S2+. The number of nitrogens with zero attached hydrogens (tertiary/aromatic N) is 4. The van der Waals surface area contributed by atoms with Gasteiger partial charge in [-0.1, -0.05) is 4.98 Å². The van der Waals surface area contributed by atoms with Crippen LogP contribution >= 0.6 is 12.2 Å². The van der Waals surface area contributed by atoms with Crippen molar-refractivity contribution in [3.63, 3.8) is 0 Å². The SMILES string of the molecule is O=S(=O)(c1ccc(NC(=S)N2CCN(c3[nH+]cnc4[nH]c5cc(F)ccc5c34)CC2)cc1)N1CCOCC1. The Morgan fingerprint density at radius 2 is 1.79 bits per heavy atom. The number of H-pyrrole nitrogens is 2. The molecule has 0 atom stereocenters. The van der Waals surface area contributed by atoms with Crippen LogP contribution in [0.3, 0.4) is 0 Å². The lowest BCUT2D eigenvalue weighted by molar-refractivity contribution is -0.367. The van der Waals surface area contributed by atoms with Crippen LogP contribution in [-0.4, -0.2) is 85.2 Å². The number of aromatic nitrogens is 3. The number of piperazine rings is 1. The second-order valence-corrected chi connectivity index (χ2v) is 11.6. The van der Waals surface area contributed by atoms with Crippen LogP contribution in [0.4, 0.5) is 15.9 Å². The molecule has 10 nitrogen and oxygen atoms in total. The molecule has 2 saturated heterocycles. The van der Waals surface area contributed by atoms with E-state index in [-0.39, 0.29) is 10.7 Å². The Hall–Kier alpha value is -3.39. The van der Waals surface area contributed by atoms with Gasteiger partial charge in [-0.05, 0) is 54.7 Å². The molecule has 6 rings (SSSR count). The number of benzene rings is 2. The van der Waals surface area contributed by atoms with E-state index in [1.54, 1.807) is 36.7 Å². The van der Waals surface area contributed by atoms with Crippen molar-refractivity contribution in [3.05, 3.63) is 54.6 Å². The minimum Gasteiger partial charge on any atom is -0.379 e. The van der Waals surface area contributed by atoms with Crippen LogP contribution in [-0.2, 0) is 14.8 Å². The van der Waals surface area contributed by atoms with Crippen molar-refractivity contribution in [2.75, 3.05) is 62.7 Å². The molecule has 0 saturated carbocycles. The number of thiocarbonyl (C=S) groups is 1. The maximum atomic E-state index is 13.7. The number of nitrogens with one attached hydrogen (secondary N) is 3. The third kappa shape index (κ3) is 4.66. The Labute approximate surface area is 224 Å². The second kappa shape index (κ2) is 10.1. The minimum absolute atomic E-state index is 0.254. The zero-order chi connectivity index (χ0) is 26.3. The van der Waals surface area contributed by atoms with Crippen molar-refractivity contribution >= 4 is 60.8 Å². The number of fused-ring (bicyclic) bond motifs is 3. The zero-order valence-electron chi connectivity index (χ0n) is 20.5. The Balaban J connectivity index is 1.11. The number of morpholine rings is 1. The molecular weight excluding hydrogens is 529 g/mol. The highest BCUT2D eigenvalue weighted by atomic mass is 32.2. The fraction of sp³-hybridized carbons (Fsp3) is 0.320. The molecule has 0 amide bonds. The fourth-order valence-electron chi connectivity index (χ4n) is 4.95. The van der Waals surface area contributed by atoms with Crippen LogP contribution in [0.1, 0.15) is 0 Å². The van der Waals surface area contributed by atoms with Crippen LogP contribution < -0.4 is 15.2 Å². The minimum atomic E-state index is -3.54. The van der Waals surface area contributed by atoms with Crippen LogP contribution in [0, 0.1) is 5.82 Å².